The lowest BCUT2D eigenvalue weighted by Crippen LogP contribution is -2.59. The van der Waals surface area contributed by atoms with E-state index < -0.39 is 49.4 Å². The molecule has 1 heterocycles. The molecular formula is C47H86O10. The Kier molecular flexibility index (Phi) is 35.8. The Morgan fingerprint density at radius 2 is 1.02 bits per heavy atom. The molecule has 0 aromatic carbocycles. The predicted octanol–water partition coefficient (Wildman–Crippen LogP) is 10.1. The molecule has 0 saturated carbocycles. The van der Waals surface area contributed by atoms with Gasteiger partial charge in [-0.05, 0) is 51.4 Å². The topological polar surface area (TPSA) is 152 Å². The van der Waals surface area contributed by atoms with Crippen molar-refractivity contribution in [2.24, 2.45) is 0 Å². The molecule has 1 aliphatic rings. The molecule has 4 N–H and O–H groups in total. The maximum Gasteiger partial charge on any atom is 0.306 e. The Bertz CT molecular complexity index is 972. The third-order valence-corrected chi connectivity index (χ3v) is 11.0. The highest BCUT2D eigenvalue weighted by atomic mass is 16.7. The van der Waals surface area contributed by atoms with Crippen LogP contribution < -0.4 is 0 Å². The molecule has 1 fully saturated rings. The van der Waals surface area contributed by atoms with Crippen molar-refractivity contribution in [3.63, 3.8) is 0 Å². The van der Waals surface area contributed by atoms with E-state index in [-0.39, 0.29) is 32.0 Å². The van der Waals surface area contributed by atoms with Crippen LogP contribution in [0.1, 0.15) is 206 Å². The first kappa shape index (κ1) is 53.2. The van der Waals surface area contributed by atoms with Crippen LogP contribution in [0.15, 0.2) is 24.8 Å². The first-order valence-corrected chi connectivity index (χ1v) is 23.4. The molecule has 0 spiro atoms. The van der Waals surface area contributed by atoms with Crippen LogP contribution >= 0.6 is 0 Å². The molecule has 0 aromatic rings. The Hall–Kier alpha value is -1.82. The quantitative estimate of drug-likeness (QED) is 0.0267. The second-order valence-electron chi connectivity index (χ2n) is 16.3. The normalized spacial score (nSPS) is 20.2. The fourth-order valence-corrected chi connectivity index (χ4v) is 7.22. The standard InChI is InChI=1S/C47H86O10/c1-3-5-7-9-11-13-15-17-19-20-22-23-25-27-29-31-33-35-42(49)54-38-40(39-55-47-46(53)45(52)44(51)41(37-48)57-47)56-43(50)36-34-32-30-28-26-24-21-18-16-14-12-10-8-6-4-2/h4,17,19,40-41,44-48,51-53H,2-3,5-16,18,20-39H2,1H3/b19-17+/t40-,41-,44+,45?,46?,47-/m0/s1. The van der Waals surface area contributed by atoms with Gasteiger partial charge in [-0.1, -0.05) is 160 Å². The van der Waals surface area contributed by atoms with Crippen molar-refractivity contribution in [2.75, 3.05) is 19.8 Å². The zero-order valence-electron chi connectivity index (χ0n) is 36.2. The zero-order chi connectivity index (χ0) is 41.6. The summed E-state index contributed by atoms with van der Waals surface area (Å²) in [6.45, 7) is 4.95. The summed E-state index contributed by atoms with van der Waals surface area (Å²) in [5, 5.41) is 40.1. The number of aliphatic hydroxyl groups excluding tert-OH is 4. The summed E-state index contributed by atoms with van der Waals surface area (Å²) in [4.78, 5) is 25.3. The highest BCUT2D eigenvalue weighted by Crippen LogP contribution is 2.23. The van der Waals surface area contributed by atoms with Crippen LogP contribution in [-0.4, -0.2) is 89.0 Å². The Morgan fingerprint density at radius 3 is 1.49 bits per heavy atom. The van der Waals surface area contributed by atoms with Crippen molar-refractivity contribution in [1.29, 1.82) is 0 Å². The van der Waals surface area contributed by atoms with Gasteiger partial charge in [-0.25, -0.2) is 0 Å². The maximum atomic E-state index is 12.8. The van der Waals surface area contributed by atoms with Crippen LogP contribution in [0, 0.1) is 0 Å². The summed E-state index contributed by atoms with van der Waals surface area (Å²) in [7, 11) is 0. The zero-order valence-corrected chi connectivity index (χ0v) is 36.2. The van der Waals surface area contributed by atoms with E-state index in [9.17, 15) is 30.0 Å². The fraction of sp³-hybridized carbons (Fsp3) is 0.872. The van der Waals surface area contributed by atoms with Crippen LogP contribution in [0.5, 0.6) is 0 Å². The molecule has 57 heavy (non-hydrogen) atoms. The number of carbonyl (C=O) groups is 2. The number of unbranched alkanes of at least 4 members (excludes halogenated alkanes) is 26. The number of carbonyl (C=O) groups excluding carboxylic acids is 2. The third-order valence-electron chi connectivity index (χ3n) is 11.0. The number of aliphatic hydroxyl groups is 4. The van der Waals surface area contributed by atoms with E-state index in [0.29, 0.717) is 6.42 Å². The molecule has 2 unspecified atom stereocenters. The van der Waals surface area contributed by atoms with Crippen LogP contribution in [0.3, 0.4) is 0 Å². The molecular weight excluding hydrogens is 725 g/mol. The first-order chi connectivity index (χ1) is 27.8. The monoisotopic (exact) mass is 811 g/mol. The number of rotatable bonds is 40. The molecule has 1 rings (SSSR count). The minimum Gasteiger partial charge on any atom is -0.462 e. The van der Waals surface area contributed by atoms with Gasteiger partial charge in [0.05, 0.1) is 13.2 Å². The Balaban J connectivity index is 2.30. The highest BCUT2D eigenvalue weighted by molar-refractivity contribution is 5.70. The van der Waals surface area contributed by atoms with Crippen LogP contribution in [-0.2, 0) is 28.5 Å². The number of esters is 2. The lowest BCUT2D eigenvalue weighted by atomic mass is 9.99. The van der Waals surface area contributed by atoms with Gasteiger partial charge in [-0.2, -0.15) is 0 Å². The van der Waals surface area contributed by atoms with Gasteiger partial charge < -0.3 is 39.4 Å². The summed E-state index contributed by atoms with van der Waals surface area (Å²) < 4.78 is 22.2. The molecule has 0 aromatic heterocycles. The first-order valence-electron chi connectivity index (χ1n) is 23.4. The van der Waals surface area contributed by atoms with Gasteiger partial charge in [0.25, 0.3) is 0 Å². The maximum absolute atomic E-state index is 12.8. The highest BCUT2D eigenvalue weighted by Gasteiger charge is 2.44. The molecule has 6 atom stereocenters. The molecule has 10 nitrogen and oxygen atoms in total. The second kappa shape index (κ2) is 38.4. The van der Waals surface area contributed by atoms with E-state index in [1.807, 2.05) is 6.08 Å². The lowest BCUT2D eigenvalue weighted by molar-refractivity contribution is -0.305. The minimum absolute atomic E-state index is 0.218. The van der Waals surface area contributed by atoms with Crippen molar-refractivity contribution in [3.05, 3.63) is 24.8 Å². The smallest absolute Gasteiger partial charge is 0.306 e. The largest absolute Gasteiger partial charge is 0.462 e. The molecule has 334 valence electrons. The van der Waals surface area contributed by atoms with Gasteiger partial charge in [0, 0.05) is 12.8 Å². The van der Waals surface area contributed by atoms with Crippen molar-refractivity contribution >= 4 is 11.9 Å². The van der Waals surface area contributed by atoms with Crippen molar-refractivity contribution in [2.45, 2.75) is 243 Å². The third kappa shape index (κ3) is 30.0. The van der Waals surface area contributed by atoms with E-state index in [0.717, 1.165) is 57.8 Å². The summed E-state index contributed by atoms with van der Waals surface area (Å²) in [5.74, 6) is -0.807. The van der Waals surface area contributed by atoms with Gasteiger partial charge in [-0.15, -0.1) is 6.58 Å². The van der Waals surface area contributed by atoms with E-state index >= 15 is 0 Å². The van der Waals surface area contributed by atoms with Gasteiger partial charge in [0.1, 0.15) is 31.0 Å². The van der Waals surface area contributed by atoms with E-state index in [2.05, 4.69) is 25.7 Å². The predicted molar refractivity (Wildman–Crippen MR) is 229 cm³/mol. The van der Waals surface area contributed by atoms with Crippen LogP contribution in [0.25, 0.3) is 0 Å². The van der Waals surface area contributed by atoms with Gasteiger partial charge in [0.2, 0.25) is 0 Å². The van der Waals surface area contributed by atoms with Crippen molar-refractivity contribution < 1.29 is 49.0 Å². The fourth-order valence-electron chi connectivity index (χ4n) is 7.22. The minimum atomic E-state index is -1.59. The summed E-state index contributed by atoms with van der Waals surface area (Å²) in [6, 6.07) is 0. The number of allylic oxidation sites excluding steroid dienone is 3. The molecule has 0 radical (unpaired) electrons. The van der Waals surface area contributed by atoms with E-state index in [1.165, 1.54) is 122 Å². The second-order valence-corrected chi connectivity index (χ2v) is 16.3. The lowest BCUT2D eigenvalue weighted by Gasteiger charge is -2.39. The molecule has 0 bridgehead atoms. The molecule has 10 heteroatoms. The molecule has 1 saturated heterocycles. The van der Waals surface area contributed by atoms with Crippen LogP contribution in [0.2, 0.25) is 0 Å². The Morgan fingerprint density at radius 1 is 0.579 bits per heavy atom. The number of hydrogen-bond acceptors (Lipinski definition) is 10. The molecule has 0 aliphatic carbocycles. The van der Waals surface area contributed by atoms with Crippen molar-refractivity contribution in [3.8, 4) is 0 Å². The average molecular weight is 811 g/mol. The van der Waals surface area contributed by atoms with E-state index in [4.69, 9.17) is 18.9 Å². The summed E-state index contributed by atoms with van der Waals surface area (Å²) >= 11 is 0. The summed E-state index contributed by atoms with van der Waals surface area (Å²) in [5.41, 5.74) is 0. The average Bonchev–Trinajstić information content (AvgIpc) is 3.21. The number of ether oxygens (including phenoxy) is 4. The SMILES string of the molecule is C=CCCCCCCCCCCCCCCCC(=O)O[C@@H](COC(=O)CCCCCCCCC/C=C/CCCCCCCC)CO[C@H]1O[C@@H](CO)[C@@H](O)C(O)C1O. The van der Waals surface area contributed by atoms with Gasteiger partial charge in [0.15, 0.2) is 12.4 Å². The molecule has 1 aliphatic heterocycles. The molecule has 0 amide bonds. The van der Waals surface area contributed by atoms with Gasteiger partial charge in [-0.3, -0.25) is 9.59 Å². The summed E-state index contributed by atoms with van der Waals surface area (Å²) in [6.07, 6.45) is 33.6. The van der Waals surface area contributed by atoms with Crippen LogP contribution in [0.4, 0.5) is 0 Å². The van der Waals surface area contributed by atoms with E-state index in [1.54, 1.807) is 0 Å². The van der Waals surface area contributed by atoms with Crippen molar-refractivity contribution in [1.82, 2.24) is 0 Å². The van der Waals surface area contributed by atoms with Gasteiger partial charge >= 0.3 is 11.9 Å². The number of hydrogen-bond donors (Lipinski definition) is 4. The Labute approximate surface area is 347 Å².